The third-order valence-electron chi connectivity index (χ3n) is 6.64. The molecule has 3 aromatic carbocycles. The lowest BCUT2D eigenvalue weighted by Gasteiger charge is -2.27. The van der Waals surface area contributed by atoms with Gasteiger partial charge in [-0.2, -0.15) is 5.10 Å². The first-order valence-corrected chi connectivity index (χ1v) is 12.2. The fourth-order valence-corrected chi connectivity index (χ4v) is 4.88. The first-order valence-electron chi connectivity index (χ1n) is 12.2. The van der Waals surface area contributed by atoms with Gasteiger partial charge in [-0.05, 0) is 60.4 Å². The SMILES string of the molecule is CCCCC(=O)C1Cc2cc(C=C3C(=O)NN=C3c3ccccc3)ccc2N1c1cccc(C)c1. The van der Waals surface area contributed by atoms with Crippen molar-refractivity contribution in [2.24, 2.45) is 5.10 Å². The molecular weight excluding hydrogens is 434 g/mol. The molecular formula is C30H29N3O2. The number of fused-ring (bicyclic) bond motifs is 1. The van der Waals surface area contributed by atoms with Gasteiger partial charge in [-0.15, -0.1) is 0 Å². The van der Waals surface area contributed by atoms with Gasteiger partial charge in [-0.25, -0.2) is 5.43 Å². The number of aryl methyl sites for hydroxylation is 1. The van der Waals surface area contributed by atoms with E-state index in [1.54, 1.807) is 0 Å². The number of nitrogens with zero attached hydrogens (tertiary/aromatic N) is 2. The predicted molar refractivity (Wildman–Crippen MR) is 141 cm³/mol. The van der Waals surface area contributed by atoms with Crippen LogP contribution in [0.1, 0.15) is 48.4 Å². The Hall–Kier alpha value is -3.99. The van der Waals surface area contributed by atoms with Crippen molar-refractivity contribution in [3.8, 4) is 0 Å². The highest BCUT2D eigenvalue weighted by atomic mass is 16.2. The van der Waals surface area contributed by atoms with Gasteiger partial charge in [0.2, 0.25) is 0 Å². The van der Waals surface area contributed by atoms with E-state index in [4.69, 9.17) is 0 Å². The number of carbonyl (C=O) groups excluding carboxylic acids is 2. The van der Waals surface area contributed by atoms with Crippen molar-refractivity contribution >= 4 is 34.9 Å². The van der Waals surface area contributed by atoms with E-state index in [0.29, 0.717) is 24.1 Å². The van der Waals surface area contributed by atoms with Gasteiger partial charge in [0.1, 0.15) is 5.71 Å². The molecule has 5 rings (SSSR count). The normalized spacial score (nSPS) is 17.9. The summed E-state index contributed by atoms with van der Waals surface area (Å²) in [4.78, 5) is 28.0. The standard InChI is InChI=1S/C30H29N3O2/c1-3-4-13-28(34)27-19-23-17-21(14-15-26(23)33(27)24-12-8-9-20(2)16-24)18-25-29(31-32-30(25)35)22-10-6-5-7-11-22/h5-12,14-18,27H,3-4,13,19H2,1-2H3,(H,32,35). The molecule has 0 spiro atoms. The Balaban J connectivity index is 1.51. The average Bonchev–Trinajstić information content (AvgIpc) is 3.43. The Morgan fingerprint density at radius 2 is 1.91 bits per heavy atom. The van der Waals surface area contributed by atoms with Crippen molar-refractivity contribution in [2.75, 3.05) is 4.90 Å². The number of hydrogen-bond acceptors (Lipinski definition) is 4. The van der Waals surface area contributed by atoms with Gasteiger partial charge in [-0.1, -0.05) is 61.9 Å². The summed E-state index contributed by atoms with van der Waals surface area (Å²) in [5.74, 6) is 0.0662. The van der Waals surface area contributed by atoms with Gasteiger partial charge in [0.05, 0.1) is 11.6 Å². The molecule has 2 aliphatic heterocycles. The van der Waals surface area contributed by atoms with Crippen LogP contribution in [-0.2, 0) is 16.0 Å². The van der Waals surface area contributed by atoms with Crippen molar-refractivity contribution in [1.29, 1.82) is 0 Å². The van der Waals surface area contributed by atoms with Crippen molar-refractivity contribution in [2.45, 2.75) is 45.6 Å². The molecule has 0 aromatic heterocycles. The second-order valence-corrected chi connectivity index (χ2v) is 9.21. The molecule has 1 amide bonds. The Labute approximate surface area is 206 Å². The summed E-state index contributed by atoms with van der Waals surface area (Å²) in [7, 11) is 0. The van der Waals surface area contributed by atoms with Gasteiger partial charge in [-0.3, -0.25) is 9.59 Å². The van der Waals surface area contributed by atoms with E-state index in [1.165, 1.54) is 0 Å². The van der Waals surface area contributed by atoms with Crippen LogP contribution in [0.3, 0.4) is 0 Å². The zero-order valence-electron chi connectivity index (χ0n) is 20.1. The fourth-order valence-electron chi connectivity index (χ4n) is 4.88. The number of unbranched alkanes of at least 4 members (excludes halogenated alkanes) is 1. The third-order valence-corrected chi connectivity index (χ3v) is 6.64. The molecule has 176 valence electrons. The maximum Gasteiger partial charge on any atom is 0.273 e. The molecule has 0 fully saturated rings. The summed E-state index contributed by atoms with van der Waals surface area (Å²) >= 11 is 0. The van der Waals surface area contributed by atoms with E-state index < -0.39 is 0 Å². The van der Waals surface area contributed by atoms with E-state index in [1.807, 2.05) is 48.5 Å². The monoisotopic (exact) mass is 463 g/mol. The summed E-state index contributed by atoms with van der Waals surface area (Å²) in [5.41, 5.74) is 9.97. The first kappa shape index (κ1) is 22.8. The van der Waals surface area contributed by atoms with Crippen LogP contribution in [0.5, 0.6) is 0 Å². The number of hydrogen-bond donors (Lipinski definition) is 1. The Bertz CT molecular complexity index is 1340. The molecule has 5 heteroatoms. The number of benzene rings is 3. The summed E-state index contributed by atoms with van der Waals surface area (Å²) < 4.78 is 0. The minimum Gasteiger partial charge on any atom is -0.330 e. The molecule has 5 nitrogen and oxygen atoms in total. The molecule has 0 radical (unpaired) electrons. The van der Waals surface area contributed by atoms with Gasteiger partial charge in [0, 0.05) is 29.8 Å². The van der Waals surface area contributed by atoms with Crippen LogP contribution < -0.4 is 10.3 Å². The molecule has 0 bridgehead atoms. The molecule has 2 aliphatic rings. The van der Waals surface area contributed by atoms with Crippen LogP contribution in [-0.4, -0.2) is 23.4 Å². The molecule has 1 N–H and O–H groups in total. The van der Waals surface area contributed by atoms with Gasteiger partial charge < -0.3 is 4.90 Å². The second-order valence-electron chi connectivity index (χ2n) is 9.21. The molecule has 0 saturated carbocycles. The summed E-state index contributed by atoms with van der Waals surface area (Å²) in [5, 5.41) is 4.26. The second kappa shape index (κ2) is 9.71. The summed E-state index contributed by atoms with van der Waals surface area (Å²) in [6.45, 7) is 4.18. The number of hydrazone groups is 1. The minimum absolute atomic E-state index is 0.210. The molecule has 0 saturated heterocycles. The number of nitrogens with one attached hydrogen (secondary N) is 1. The predicted octanol–water partition coefficient (Wildman–Crippen LogP) is 5.73. The molecule has 3 aromatic rings. The van der Waals surface area contributed by atoms with Crippen molar-refractivity contribution < 1.29 is 9.59 Å². The van der Waals surface area contributed by atoms with Gasteiger partial charge in [0.15, 0.2) is 5.78 Å². The number of carbonyl (C=O) groups is 2. The quantitative estimate of drug-likeness (QED) is 0.455. The Morgan fingerprint density at radius 3 is 2.69 bits per heavy atom. The van der Waals surface area contributed by atoms with Gasteiger partial charge in [0.25, 0.3) is 5.91 Å². The van der Waals surface area contributed by atoms with Crippen molar-refractivity contribution in [3.63, 3.8) is 0 Å². The number of amides is 1. The van der Waals surface area contributed by atoms with Crippen molar-refractivity contribution in [3.05, 3.63) is 101 Å². The largest absolute Gasteiger partial charge is 0.330 e. The highest BCUT2D eigenvalue weighted by Gasteiger charge is 2.35. The Morgan fingerprint density at radius 1 is 1.09 bits per heavy atom. The lowest BCUT2D eigenvalue weighted by atomic mass is 9.98. The topological polar surface area (TPSA) is 61.8 Å². The van der Waals surface area contributed by atoms with E-state index in [2.05, 4.69) is 59.6 Å². The molecule has 35 heavy (non-hydrogen) atoms. The van der Waals surface area contributed by atoms with Crippen LogP contribution in [0.25, 0.3) is 6.08 Å². The summed E-state index contributed by atoms with van der Waals surface area (Å²) in [6, 6.07) is 24.0. The number of ketones is 1. The van der Waals surface area contributed by atoms with Crippen molar-refractivity contribution in [1.82, 2.24) is 5.43 Å². The Kier molecular flexibility index (Phi) is 6.32. The summed E-state index contributed by atoms with van der Waals surface area (Å²) in [6.07, 6.45) is 5.04. The van der Waals surface area contributed by atoms with E-state index in [0.717, 1.165) is 46.5 Å². The third kappa shape index (κ3) is 4.54. The molecule has 1 unspecified atom stereocenters. The number of anilines is 2. The maximum atomic E-state index is 13.2. The van der Waals surface area contributed by atoms with Crippen LogP contribution in [0.2, 0.25) is 0 Å². The molecule has 1 atom stereocenters. The van der Waals surface area contributed by atoms with E-state index in [-0.39, 0.29) is 17.7 Å². The number of rotatable bonds is 7. The number of Topliss-reactive ketones (excluding diaryl/α,β-unsaturated/α-hetero) is 1. The molecule has 2 heterocycles. The maximum absolute atomic E-state index is 13.2. The lowest BCUT2D eigenvalue weighted by Crippen LogP contribution is -2.35. The highest BCUT2D eigenvalue weighted by molar-refractivity contribution is 6.33. The van der Waals surface area contributed by atoms with Crippen LogP contribution >= 0.6 is 0 Å². The van der Waals surface area contributed by atoms with E-state index >= 15 is 0 Å². The average molecular weight is 464 g/mol. The van der Waals surface area contributed by atoms with Crippen LogP contribution in [0.15, 0.2) is 83.5 Å². The smallest absolute Gasteiger partial charge is 0.273 e. The first-order chi connectivity index (χ1) is 17.0. The van der Waals surface area contributed by atoms with E-state index in [9.17, 15) is 9.59 Å². The minimum atomic E-state index is -0.211. The highest BCUT2D eigenvalue weighted by Crippen LogP contribution is 2.40. The lowest BCUT2D eigenvalue weighted by molar-refractivity contribution is -0.120. The zero-order valence-corrected chi connectivity index (χ0v) is 20.1. The van der Waals surface area contributed by atoms with Crippen LogP contribution in [0.4, 0.5) is 11.4 Å². The van der Waals surface area contributed by atoms with Crippen LogP contribution in [0, 0.1) is 6.92 Å². The molecule has 0 aliphatic carbocycles. The fraction of sp³-hybridized carbons (Fsp3) is 0.233. The van der Waals surface area contributed by atoms with Gasteiger partial charge >= 0.3 is 0 Å². The zero-order chi connectivity index (χ0) is 24.4.